The monoisotopic (exact) mass is 421 g/mol. The van der Waals surface area contributed by atoms with Crippen molar-refractivity contribution in [2.75, 3.05) is 13.6 Å². The molecule has 2 bridgehead atoms. The Hall–Kier alpha value is -3.00. The molecule has 1 spiro atoms. The van der Waals surface area contributed by atoms with Gasteiger partial charge in [0.25, 0.3) is 0 Å². The van der Waals surface area contributed by atoms with Crippen LogP contribution in [0.25, 0.3) is 0 Å². The lowest BCUT2D eigenvalue weighted by Crippen LogP contribution is -2.44. The molecule has 0 N–H and O–H groups in total. The van der Waals surface area contributed by atoms with Crippen molar-refractivity contribution >= 4 is 11.8 Å². The largest absolute Gasteiger partial charge is 0.360 e. The van der Waals surface area contributed by atoms with Gasteiger partial charge in [0.05, 0.1) is 31.0 Å². The number of nitrogens with zero attached hydrogens (tertiary/aromatic N) is 5. The van der Waals surface area contributed by atoms with E-state index in [0.29, 0.717) is 19.6 Å². The Balaban J connectivity index is 1.36. The third-order valence-corrected chi connectivity index (χ3v) is 6.71. The standard InChI is InChI=1S/C23H27N5O3/c1-4-27-14-24-25-18(27)12-26(3)21(29)19-17-8-9-23(31-17)13-28(22(30)20(19)23)11-16-7-5-6-15(2)10-16/h5-10,14,17,19-20H,4,11-13H2,1-3H3/t17-,19+,20+,23-/m0/s1. The third kappa shape index (κ3) is 3.17. The number of carbonyl (C=O) groups is 2. The number of benzene rings is 1. The number of hydrogen-bond donors (Lipinski definition) is 0. The number of amides is 2. The van der Waals surface area contributed by atoms with Gasteiger partial charge in [-0.05, 0) is 19.4 Å². The Labute approximate surface area is 181 Å². The van der Waals surface area contributed by atoms with Crippen molar-refractivity contribution in [3.05, 3.63) is 59.7 Å². The molecule has 2 saturated heterocycles. The Kier molecular flexibility index (Phi) is 4.69. The van der Waals surface area contributed by atoms with Crippen molar-refractivity contribution in [2.24, 2.45) is 11.8 Å². The maximum Gasteiger partial charge on any atom is 0.230 e. The molecule has 162 valence electrons. The Bertz CT molecular complexity index is 1060. The van der Waals surface area contributed by atoms with Gasteiger partial charge in [0.1, 0.15) is 11.9 Å². The van der Waals surface area contributed by atoms with Gasteiger partial charge in [0.2, 0.25) is 11.8 Å². The molecule has 4 heterocycles. The van der Waals surface area contributed by atoms with E-state index in [9.17, 15) is 9.59 Å². The highest BCUT2D eigenvalue weighted by atomic mass is 16.5. The lowest BCUT2D eigenvalue weighted by Gasteiger charge is -2.27. The zero-order chi connectivity index (χ0) is 21.8. The molecule has 8 heteroatoms. The van der Waals surface area contributed by atoms with Gasteiger partial charge in [-0.25, -0.2) is 0 Å². The number of aryl methyl sites for hydroxylation is 2. The predicted molar refractivity (Wildman–Crippen MR) is 112 cm³/mol. The highest BCUT2D eigenvalue weighted by molar-refractivity contribution is 5.93. The third-order valence-electron chi connectivity index (χ3n) is 6.71. The van der Waals surface area contributed by atoms with E-state index in [2.05, 4.69) is 16.3 Å². The van der Waals surface area contributed by atoms with Crippen LogP contribution in [0.4, 0.5) is 0 Å². The lowest BCUT2D eigenvalue weighted by molar-refractivity contribution is -0.143. The molecule has 4 atom stereocenters. The summed E-state index contributed by atoms with van der Waals surface area (Å²) in [5, 5.41) is 8.07. The fraction of sp³-hybridized carbons (Fsp3) is 0.478. The van der Waals surface area contributed by atoms with Crippen molar-refractivity contribution < 1.29 is 14.3 Å². The molecule has 2 aromatic rings. The molecule has 0 saturated carbocycles. The zero-order valence-electron chi connectivity index (χ0n) is 18.1. The molecule has 2 amide bonds. The fourth-order valence-corrected chi connectivity index (χ4v) is 5.23. The fourth-order valence-electron chi connectivity index (χ4n) is 5.23. The summed E-state index contributed by atoms with van der Waals surface area (Å²) in [5.74, 6) is -0.352. The van der Waals surface area contributed by atoms with Gasteiger partial charge in [-0.1, -0.05) is 42.0 Å². The van der Waals surface area contributed by atoms with Crippen LogP contribution in [0, 0.1) is 18.8 Å². The molecule has 8 nitrogen and oxygen atoms in total. The molecule has 0 radical (unpaired) electrons. The minimum absolute atomic E-state index is 0.00293. The van der Waals surface area contributed by atoms with Crippen LogP contribution in [-0.4, -0.2) is 61.7 Å². The molecule has 3 aliphatic heterocycles. The predicted octanol–water partition coefficient (Wildman–Crippen LogP) is 1.55. The molecule has 1 aromatic heterocycles. The van der Waals surface area contributed by atoms with E-state index in [0.717, 1.165) is 23.5 Å². The Morgan fingerprint density at radius 3 is 3.00 bits per heavy atom. The van der Waals surface area contributed by atoms with Crippen molar-refractivity contribution in [2.45, 2.75) is 45.2 Å². The summed E-state index contributed by atoms with van der Waals surface area (Å²) in [5.41, 5.74) is 1.55. The minimum Gasteiger partial charge on any atom is -0.360 e. The first-order valence-corrected chi connectivity index (χ1v) is 10.7. The van der Waals surface area contributed by atoms with Gasteiger partial charge >= 0.3 is 0 Å². The zero-order valence-corrected chi connectivity index (χ0v) is 18.1. The van der Waals surface area contributed by atoms with Crippen LogP contribution in [0.5, 0.6) is 0 Å². The van der Waals surface area contributed by atoms with Crippen molar-refractivity contribution in [1.82, 2.24) is 24.6 Å². The van der Waals surface area contributed by atoms with Crippen molar-refractivity contribution in [1.29, 1.82) is 0 Å². The topological polar surface area (TPSA) is 80.6 Å². The van der Waals surface area contributed by atoms with E-state index >= 15 is 0 Å². The van der Waals surface area contributed by atoms with Crippen molar-refractivity contribution in [3.63, 3.8) is 0 Å². The van der Waals surface area contributed by atoms with Crippen LogP contribution in [0.1, 0.15) is 23.9 Å². The first-order chi connectivity index (χ1) is 14.9. The van der Waals surface area contributed by atoms with Crippen LogP contribution in [0.3, 0.4) is 0 Å². The second-order valence-corrected chi connectivity index (χ2v) is 8.81. The first kappa shape index (κ1) is 19.9. The number of rotatable bonds is 6. The molecule has 0 unspecified atom stereocenters. The molecular weight excluding hydrogens is 394 g/mol. The summed E-state index contributed by atoms with van der Waals surface area (Å²) >= 11 is 0. The maximum atomic E-state index is 13.4. The number of ether oxygens (including phenoxy) is 1. The average Bonchev–Trinajstić information content (AvgIpc) is 3.49. The Morgan fingerprint density at radius 2 is 2.23 bits per heavy atom. The molecule has 3 aliphatic rings. The van der Waals surface area contributed by atoms with Gasteiger partial charge in [0.15, 0.2) is 5.82 Å². The summed E-state index contributed by atoms with van der Waals surface area (Å²) in [4.78, 5) is 30.3. The quantitative estimate of drug-likeness (QED) is 0.661. The van der Waals surface area contributed by atoms with Gasteiger partial charge < -0.3 is 19.1 Å². The number of aromatic nitrogens is 3. The first-order valence-electron chi connectivity index (χ1n) is 10.7. The number of fused-ring (bicyclic) bond motifs is 1. The molecule has 5 rings (SSSR count). The average molecular weight is 422 g/mol. The Morgan fingerprint density at radius 1 is 1.39 bits per heavy atom. The summed E-state index contributed by atoms with van der Waals surface area (Å²) < 4.78 is 8.17. The molecule has 0 aliphatic carbocycles. The number of hydrogen-bond acceptors (Lipinski definition) is 5. The van der Waals surface area contributed by atoms with Gasteiger partial charge in [-0.3, -0.25) is 9.59 Å². The van der Waals surface area contributed by atoms with Crippen LogP contribution in [0.2, 0.25) is 0 Å². The molecule has 1 aromatic carbocycles. The number of likely N-dealkylation sites (tertiary alicyclic amines) is 1. The van der Waals surface area contributed by atoms with Crippen LogP contribution >= 0.6 is 0 Å². The maximum absolute atomic E-state index is 13.4. The normalized spacial score (nSPS) is 28.4. The SMILES string of the molecule is CCn1cnnc1CN(C)C(=O)[C@@H]1[C@@H]2C=C[C@@]3(CN(Cc4cccc(C)c4)C(=O)[C@@H]13)O2. The number of carbonyl (C=O) groups excluding carboxylic acids is 2. The highest BCUT2D eigenvalue weighted by Gasteiger charge is 2.67. The van der Waals surface area contributed by atoms with Gasteiger partial charge in [0, 0.05) is 20.1 Å². The summed E-state index contributed by atoms with van der Waals surface area (Å²) in [6.45, 7) is 6.14. The van der Waals surface area contributed by atoms with E-state index < -0.39 is 17.4 Å². The second-order valence-electron chi connectivity index (χ2n) is 8.81. The molecule has 2 fully saturated rings. The van der Waals surface area contributed by atoms with Crippen LogP contribution < -0.4 is 0 Å². The van der Waals surface area contributed by atoms with E-state index in [-0.39, 0.29) is 17.9 Å². The summed E-state index contributed by atoms with van der Waals surface area (Å²) in [6, 6.07) is 8.16. The van der Waals surface area contributed by atoms with Crippen molar-refractivity contribution in [3.8, 4) is 0 Å². The van der Waals surface area contributed by atoms with Gasteiger partial charge in [-0.15, -0.1) is 10.2 Å². The van der Waals surface area contributed by atoms with Gasteiger partial charge in [-0.2, -0.15) is 0 Å². The van der Waals surface area contributed by atoms with Crippen LogP contribution in [0.15, 0.2) is 42.7 Å². The second kappa shape index (κ2) is 7.30. The van der Waals surface area contributed by atoms with E-state index in [1.807, 2.05) is 53.7 Å². The van der Waals surface area contributed by atoms with E-state index in [4.69, 9.17) is 4.74 Å². The summed E-state index contributed by atoms with van der Waals surface area (Å²) in [7, 11) is 1.75. The lowest BCUT2D eigenvalue weighted by atomic mass is 9.76. The highest BCUT2D eigenvalue weighted by Crippen LogP contribution is 2.52. The molecular formula is C23H27N5O3. The van der Waals surface area contributed by atoms with E-state index in [1.54, 1.807) is 18.3 Å². The smallest absolute Gasteiger partial charge is 0.230 e. The van der Waals surface area contributed by atoms with E-state index in [1.165, 1.54) is 0 Å². The molecule has 31 heavy (non-hydrogen) atoms. The van der Waals surface area contributed by atoms with Crippen LogP contribution in [-0.2, 0) is 34.0 Å². The minimum atomic E-state index is -0.698. The summed E-state index contributed by atoms with van der Waals surface area (Å²) in [6.07, 6.45) is 5.25.